The van der Waals surface area contributed by atoms with E-state index < -0.39 is 5.97 Å². The Labute approximate surface area is 174 Å². The van der Waals surface area contributed by atoms with E-state index in [0.29, 0.717) is 5.57 Å². The minimum Gasteiger partial charge on any atom is -0.478 e. The molecule has 1 N–H and O–H groups in total. The molecule has 2 aromatic carbocycles. The largest absolute Gasteiger partial charge is 0.478 e. The quantitative estimate of drug-likeness (QED) is 0.656. The lowest BCUT2D eigenvalue weighted by molar-refractivity contribution is -0.130. The van der Waals surface area contributed by atoms with Gasteiger partial charge in [0.25, 0.3) is 0 Å². The van der Waals surface area contributed by atoms with E-state index in [0.717, 1.165) is 50.1 Å². The number of benzene rings is 2. The van der Waals surface area contributed by atoms with Gasteiger partial charge in [0.05, 0.1) is 11.6 Å². The third-order valence-electron chi connectivity index (χ3n) is 5.64. The van der Waals surface area contributed by atoms with Crippen LogP contribution in [0.5, 0.6) is 0 Å². The fraction of sp³-hybridized carbons (Fsp3) is 0.400. The van der Waals surface area contributed by atoms with Crippen molar-refractivity contribution in [3.05, 3.63) is 77.0 Å². The summed E-state index contributed by atoms with van der Waals surface area (Å²) in [5, 5.41) is 9.85. The van der Waals surface area contributed by atoms with Crippen molar-refractivity contribution in [3.8, 4) is 0 Å². The van der Waals surface area contributed by atoms with Crippen molar-refractivity contribution in [2.75, 3.05) is 26.2 Å². The lowest BCUT2D eigenvalue weighted by Crippen LogP contribution is -2.38. The fourth-order valence-electron chi connectivity index (χ4n) is 4.30. The molecule has 2 aromatic rings. The summed E-state index contributed by atoms with van der Waals surface area (Å²) in [6.45, 7) is 10.4. The molecule has 3 rings (SSSR count). The van der Waals surface area contributed by atoms with E-state index in [9.17, 15) is 9.90 Å². The van der Waals surface area contributed by atoms with Gasteiger partial charge in [0.2, 0.25) is 0 Å². The maximum Gasteiger partial charge on any atom is 0.337 e. The van der Waals surface area contributed by atoms with Crippen LogP contribution in [0.15, 0.2) is 54.7 Å². The van der Waals surface area contributed by atoms with Gasteiger partial charge in [-0.25, -0.2) is 4.79 Å². The Bertz CT molecular complexity index is 869. The van der Waals surface area contributed by atoms with Crippen LogP contribution in [0.4, 0.5) is 0 Å². The van der Waals surface area contributed by atoms with Crippen molar-refractivity contribution in [1.82, 2.24) is 9.80 Å². The van der Waals surface area contributed by atoms with Gasteiger partial charge in [-0.15, -0.1) is 0 Å². The predicted molar refractivity (Wildman–Crippen MR) is 119 cm³/mol. The molecule has 0 fully saturated rings. The molecule has 0 amide bonds. The first kappa shape index (κ1) is 21.1. The zero-order valence-corrected chi connectivity index (χ0v) is 17.8. The van der Waals surface area contributed by atoms with E-state index in [1.807, 2.05) is 24.4 Å². The molecule has 1 unspecified atom stereocenters. The van der Waals surface area contributed by atoms with Crippen molar-refractivity contribution in [3.63, 3.8) is 0 Å². The van der Waals surface area contributed by atoms with E-state index in [-0.39, 0.29) is 6.04 Å². The van der Waals surface area contributed by atoms with Crippen molar-refractivity contribution < 1.29 is 9.90 Å². The second-order valence-electron chi connectivity index (χ2n) is 7.77. The summed E-state index contributed by atoms with van der Waals surface area (Å²) in [6, 6.07) is 16.4. The number of carboxylic acids is 1. The molecule has 1 atom stereocenters. The summed E-state index contributed by atoms with van der Waals surface area (Å²) in [5.74, 6) is -0.871. The third-order valence-corrected chi connectivity index (χ3v) is 5.64. The number of aryl methyl sites for hydroxylation is 1. The Kier molecular flexibility index (Phi) is 7.10. The maximum atomic E-state index is 12.0. The number of fused-ring (bicyclic) bond motifs is 1. The van der Waals surface area contributed by atoms with E-state index in [1.165, 1.54) is 11.1 Å². The Morgan fingerprint density at radius 3 is 2.21 bits per heavy atom. The van der Waals surface area contributed by atoms with E-state index in [4.69, 9.17) is 0 Å². The monoisotopic (exact) mass is 392 g/mol. The average molecular weight is 393 g/mol. The van der Waals surface area contributed by atoms with E-state index in [1.54, 1.807) is 0 Å². The van der Waals surface area contributed by atoms with Crippen LogP contribution >= 0.6 is 0 Å². The average Bonchev–Trinajstić information content (AvgIpc) is 2.72. The summed E-state index contributed by atoms with van der Waals surface area (Å²) >= 11 is 0. The van der Waals surface area contributed by atoms with Crippen molar-refractivity contribution in [2.45, 2.75) is 39.7 Å². The SMILES string of the molecule is CCCN(CCC)CCN1C=C(C(=O)O)c2ccccc2C1c1ccccc1C. The molecule has 0 saturated heterocycles. The Hall–Kier alpha value is -2.59. The zero-order valence-electron chi connectivity index (χ0n) is 17.8. The fourth-order valence-corrected chi connectivity index (χ4v) is 4.30. The molecule has 1 aliphatic heterocycles. The van der Waals surface area contributed by atoms with Gasteiger partial charge < -0.3 is 14.9 Å². The van der Waals surface area contributed by atoms with Gasteiger partial charge in [0.1, 0.15) is 0 Å². The van der Waals surface area contributed by atoms with Crippen LogP contribution in [0.1, 0.15) is 55.0 Å². The Morgan fingerprint density at radius 1 is 0.966 bits per heavy atom. The van der Waals surface area contributed by atoms with Crippen LogP contribution in [-0.2, 0) is 4.79 Å². The number of hydrogen-bond acceptors (Lipinski definition) is 3. The van der Waals surface area contributed by atoms with E-state index in [2.05, 4.69) is 60.9 Å². The summed E-state index contributed by atoms with van der Waals surface area (Å²) in [5.41, 5.74) is 4.73. The first-order valence-corrected chi connectivity index (χ1v) is 10.6. The number of carboxylic acid groups (broad SMARTS) is 1. The number of nitrogens with zero attached hydrogens (tertiary/aromatic N) is 2. The van der Waals surface area contributed by atoms with Crippen LogP contribution in [-0.4, -0.2) is 47.1 Å². The normalized spacial score (nSPS) is 15.9. The molecule has 0 aliphatic carbocycles. The van der Waals surface area contributed by atoms with Crippen LogP contribution < -0.4 is 0 Å². The molecular formula is C25H32N2O2. The minimum absolute atomic E-state index is 0.0283. The highest BCUT2D eigenvalue weighted by molar-refractivity contribution is 6.16. The van der Waals surface area contributed by atoms with Gasteiger partial charge in [-0.05, 0) is 55.1 Å². The highest BCUT2D eigenvalue weighted by Gasteiger charge is 2.31. The van der Waals surface area contributed by atoms with Gasteiger partial charge in [-0.1, -0.05) is 62.4 Å². The number of aliphatic carboxylic acids is 1. The van der Waals surface area contributed by atoms with Gasteiger partial charge in [-0.3, -0.25) is 0 Å². The summed E-state index contributed by atoms with van der Waals surface area (Å²) < 4.78 is 0. The van der Waals surface area contributed by atoms with Crippen molar-refractivity contribution in [1.29, 1.82) is 0 Å². The van der Waals surface area contributed by atoms with Gasteiger partial charge in [0, 0.05) is 19.3 Å². The van der Waals surface area contributed by atoms with Crippen LogP contribution in [0.3, 0.4) is 0 Å². The van der Waals surface area contributed by atoms with Gasteiger partial charge >= 0.3 is 5.97 Å². The molecule has 154 valence electrons. The summed E-state index contributed by atoms with van der Waals surface area (Å²) in [6.07, 6.45) is 4.11. The molecule has 4 nitrogen and oxygen atoms in total. The second-order valence-corrected chi connectivity index (χ2v) is 7.77. The van der Waals surface area contributed by atoms with Crippen molar-refractivity contribution >= 4 is 11.5 Å². The lowest BCUT2D eigenvalue weighted by atomic mass is 9.85. The maximum absolute atomic E-state index is 12.0. The lowest BCUT2D eigenvalue weighted by Gasteiger charge is -2.38. The molecule has 0 aromatic heterocycles. The molecule has 0 saturated carbocycles. The molecule has 1 heterocycles. The number of hydrogen-bond donors (Lipinski definition) is 1. The minimum atomic E-state index is -0.871. The second kappa shape index (κ2) is 9.75. The number of carbonyl (C=O) groups is 1. The highest BCUT2D eigenvalue weighted by Crippen LogP contribution is 2.39. The molecule has 0 spiro atoms. The predicted octanol–water partition coefficient (Wildman–Crippen LogP) is 4.95. The zero-order chi connectivity index (χ0) is 20.8. The summed E-state index contributed by atoms with van der Waals surface area (Å²) in [7, 11) is 0. The first-order valence-electron chi connectivity index (χ1n) is 10.6. The van der Waals surface area contributed by atoms with Crippen LogP contribution in [0.25, 0.3) is 5.57 Å². The number of rotatable bonds is 9. The molecule has 0 bridgehead atoms. The Morgan fingerprint density at radius 2 is 1.59 bits per heavy atom. The molecule has 1 aliphatic rings. The van der Waals surface area contributed by atoms with Crippen molar-refractivity contribution in [2.24, 2.45) is 0 Å². The van der Waals surface area contributed by atoms with Crippen LogP contribution in [0.2, 0.25) is 0 Å². The first-order chi connectivity index (χ1) is 14.1. The molecule has 4 heteroatoms. The van der Waals surface area contributed by atoms with Gasteiger partial charge in [-0.2, -0.15) is 0 Å². The van der Waals surface area contributed by atoms with Crippen LogP contribution in [0, 0.1) is 6.92 Å². The van der Waals surface area contributed by atoms with E-state index >= 15 is 0 Å². The Balaban J connectivity index is 2.02. The highest BCUT2D eigenvalue weighted by atomic mass is 16.4. The standard InChI is InChI=1S/C25H32N2O2/c1-4-14-26(15-5-2)16-17-27-18-23(25(28)29)21-12-8-9-13-22(21)24(27)20-11-7-6-10-19(20)3/h6-13,18,24H,4-5,14-17H2,1-3H3,(H,28,29). The summed E-state index contributed by atoms with van der Waals surface area (Å²) in [4.78, 5) is 16.7. The molecule has 29 heavy (non-hydrogen) atoms. The molecular weight excluding hydrogens is 360 g/mol. The molecule has 0 radical (unpaired) electrons. The topological polar surface area (TPSA) is 43.8 Å². The van der Waals surface area contributed by atoms with Gasteiger partial charge in [0.15, 0.2) is 0 Å². The third kappa shape index (κ3) is 4.70. The smallest absolute Gasteiger partial charge is 0.337 e.